The molecule has 0 spiro atoms. The highest BCUT2D eigenvalue weighted by Crippen LogP contribution is 2.53. The highest BCUT2D eigenvalue weighted by molar-refractivity contribution is 5.92. The fraction of sp³-hybridized carbons (Fsp3) is 0.458. The van der Waals surface area contributed by atoms with Crippen LogP contribution in [0.25, 0.3) is 0 Å². The summed E-state index contributed by atoms with van der Waals surface area (Å²) in [6, 6.07) is 0. The maximum absolute atomic E-state index is 12.5. The van der Waals surface area contributed by atoms with Crippen molar-refractivity contribution in [1.82, 2.24) is 0 Å². The van der Waals surface area contributed by atoms with Crippen molar-refractivity contribution in [1.29, 1.82) is 0 Å². The van der Waals surface area contributed by atoms with Gasteiger partial charge in [-0.25, -0.2) is 14.4 Å². The molecule has 1 heterocycles. The maximum Gasteiger partial charge on any atom is 0.334 e. The zero-order valence-corrected chi connectivity index (χ0v) is 18.0. The van der Waals surface area contributed by atoms with E-state index in [1.54, 1.807) is 0 Å². The number of hydrogen-bond acceptors (Lipinski definition) is 8. The van der Waals surface area contributed by atoms with Crippen molar-refractivity contribution in [3.05, 3.63) is 60.3 Å². The average Bonchev–Trinajstić information content (AvgIpc) is 3.18. The Hall–Kier alpha value is -2.97. The van der Waals surface area contributed by atoms with Crippen LogP contribution in [0.5, 0.6) is 0 Å². The molecule has 8 nitrogen and oxygen atoms in total. The number of aliphatic hydroxyl groups excluding tert-OH is 2. The summed E-state index contributed by atoms with van der Waals surface area (Å²) in [5.41, 5.74) is 1.84. The van der Waals surface area contributed by atoms with Gasteiger partial charge in [0.05, 0.1) is 19.1 Å². The van der Waals surface area contributed by atoms with Crippen LogP contribution < -0.4 is 0 Å². The molecule has 3 fully saturated rings. The van der Waals surface area contributed by atoms with Gasteiger partial charge in [-0.1, -0.05) is 31.4 Å². The number of carbonyl (C=O) groups is 3. The normalized spacial score (nSPS) is 32.4. The zero-order valence-electron chi connectivity index (χ0n) is 18.0. The van der Waals surface area contributed by atoms with Crippen molar-refractivity contribution < 1.29 is 38.8 Å². The second-order valence-electron chi connectivity index (χ2n) is 8.25. The van der Waals surface area contributed by atoms with Gasteiger partial charge in [0.15, 0.2) is 0 Å². The summed E-state index contributed by atoms with van der Waals surface area (Å²) in [6.07, 6.45) is 2.48. The van der Waals surface area contributed by atoms with Crippen molar-refractivity contribution >= 4 is 17.9 Å². The van der Waals surface area contributed by atoms with Crippen LogP contribution >= 0.6 is 0 Å². The van der Waals surface area contributed by atoms with Gasteiger partial charge in [0.1, 0.15) is 18.3 Å². The largest absolute Gasteiger partial charge is 0.458 e. The van der Waals surface area contributed by atoms with Gasteiger partial charge in [-0.15, -0.1) is 0 Å². The number of rotatable bonds is 6. The summed E-state index contributed by atoms with van der Waals surface area (Å²) >= 11 is 0. The summed E-state index contributed by atoms with van der Waals surface area (Å²) < 4.78 is 16.9. The Kier molecular flexibility index (Phi) is 7.16. The summed E-state index contributed by atoms with van der Waals surface area (Å²) in [7, 11) is 0. The van der Waals surface area contributed by atoms with E-state index >= 15 is 0 Å². The second-order valence-corrected chi connectivity index (χ2v) is 8.25. The van der Waals surface area contributed by atoms with Crippen LogP contribution in [0, 0.1) is 17.8 Å². The molecule has 2 N–H and O–H groups in total. The van der Waals surface area contributed by atoms with E-state index < -0.39 is 42.1 Å². The molecule has 3 rings (SSSR count). The minimum atomic E-state index is -0.715. The van der Waals surface area contributed by atoms with Gasteiger partial charge in [-0.05, 0) is 30.9 Å². The van der Waals surface area contributed by atoms with E-state index in [2.05, 4.69) is 19.7 Å². The maximum atomic E-state index is 12.5. The highest BCUT2D eigenvalue weighted by Gasteiger charge is 2.57. The van der Waals surface area contributed by atoms with E-state index in [1.807, 2.05) is 0 Å². The van der Waals surface area contributed by atoms with E-state index in [0.29, 0.717) is 12.0 Å². The molecule has 0 aromatic heterocycles. The molecule has 0 aromatic carbocycles. The first-order valence-corrected chi connectivity index (χ1v) is 10.4. The Morgan fingerprint density at radius 2 is 1.88 bits per heavy atom. The number of fused-ring (bicyclic) bond motifs is 3. The molecule has 0 aromatic rings. The lowest BCUT2D eigenvalue weighted by Crippen LogP contribution is -2.36. The number of esters is 3. The number of hydrogen-bond donors (Lipinski definition) is 2. The molecule has 0 amide bonds. The van der Waals surface area contributed by atoms with Crippen LogP contribution in [0.1, 0.15) is 19.8 Å². The Morgan fingerprint density at radius 3 is 2.53 bits per heavy atom. The van der Waals surface area contributed by atoms with Crippen LogP contribution in [0.15, 0.2) is 60.3 Å². The molecule has 6 unspecified atom stereocenters. The Labute approximate surface area is 186 Å². The third kappa shape index (κ3) is 4.47. The molecule has 1 saturated heterocycles. The Bertz CT molecular complexity index is 911. The minimum Gasteiger partial charge on any atom is -0.458 e. The molecule has 2 saturated carbocycles. The standard InChI is InChI=1S/C24H28O8/c1-12(7-9-26)23(28)31-18-10-13(2)16-11-17(30-19(27)6-5-8-25)14(3)20(16)22-21(18)15(4)24(29)32-22/h5-7,16-18,20-22,25-26H,2-4,8-11H2,1H3. The van der Waals surface area contributed by atoms with Gasteiger partial charge in [-0.2, -0.15) is 0 Å². The highest BCUT2D eigenvalue weighted by atomic mass is 16.6. The van der Waals surface area contributed by atoms with Gasteiger partial charge in [0, 0.05) is 29.6 Å². The Balaban J connectivity index is 1.87. The van der Waals surface area contributed by atoms with Gasteiger partial charge in [0.2, 0.25) is 0 Å². The van der Waals surface area contributed by atoms with E-state index in [1.165, 1.54) is 19.1 Å². The molecule has 172 valence electrons. The predicted octanol–water partition coefficient (Wildman–Crippen LogP) is 1.55. The molecule has 1 aliphatic heterocycles. The summed E-state index contributed by atoms with van der Waals surface area (Å²) in [5, 5.41) is 17.9. The van der Waals surface area contributed by atoms with E-state index in [0.717, 1.165) is 11.6 Å². The van der Waals surface area contributed by atoms with E-state index in [4.69, 9.17) is 24.4 Å². The van der Waals surface area contributed by atoms with Crippen molar-refractivity contribution in [3.63, 3.8) is 0 Å². The van der Waals surface area contributed by atoms with Gasteiger partial charge in [-0.3, -0.25) is 0 Å². The summed E-state index contributed by atoms with van der Waals surface area (Å²) in [4.78, 5) is 36.9. The molecule has 32 heavy (non-hydrogen) atoms. The van der Waals surface area contributed by atoms with Crippen molar-refractivity contribution in [2.24, 2.45) is 17.8 Å². The third-order valence-corrected chi connectivity index (χ3v) is 6.34. The molecule has 3 aliphatic rings. The van der Waals surface area contributed by atoms with Crippen LogP contribution in [0.2, 0.25) is 0 Å². The van der Waals surface area contributed by atoms with Crippen LogP contribution in [-0.4, -0.2) is 59.6 Å². The molecular weight excluding hydrogens is 416 g/mol. The fourth-order valence-electron chi connectivity index (χ4n) is 4.76. The number of aliphatic hydroxyl groups is 2. The Morgan fingerprint density at radius 1 is 1.16 bits per heavy atom. The summed E-state index contributed by atoms with van der Waals surface area (Å²) in [5.74, 6) is -2.92. The van der Waals surface area contributed by atoms with Gasteiger partial charge >= 0.3 is 17.9 Å². The summed E-state index contributed by atoms with van der Waals surface area (Å²) in [6.45, 7) is 13.1. The molecule has 2 aliphatic carbocycles. The first-order valence-electron chi connectivity index (χ1n) is 10.4. The first kappa shape index (κ1) is 23.7. The van der Waals surface area contributed by atoms with E-state index in [-0.39, 0.29) is 42.6 Å². The monoisotopic (exact) mass is 444 g/mol. The van der Waals surface area contributed by atoms with Crippen LogP contribution in [0.4, 0.5) is 0 Å². The molecule has 0 bridgehead atoms. The lowest BCUT2D eigenvalue weighted by Gasteiger charge is -2.28. The lowest BCUT2D eigenvalue weighted by molar-refractivity contribution is -0.148. The van der Waals surface area contributed by atoms with E-state index in [9.17, 15) is 14.4 Å². The van der Waals surface area contributed by atoms with Crippen molar-refractivity contribution in [3.8, 4) is 0 Å². The zero-order chi connectivity index (χ0) is 23.6. The minimum absolute atomic E-state index is 0.189. The second kappa shape index (κ2) is 9.67. The van der Waals surface area contributed by atoms with Gasteiger partial charge in [0.25, 0.3) is 0 Å². The topological polar surface area (TPSA) is 119 Å². The number of ether oxygens (including phenoxy) is 3. The number of carbonyl (C=O) groups excluding carboxylic acids is 3. The van der Waals surface area contributed by atoms with Crippen LogP contribution in [0.3, 0.4) is 0 Å². The van der Waals surface area contributed by atoms with Crippen molar-refractivity contribution in [2.75, 3.05) is 13.2 Å². The molecule has 6 atom stereocenters. The average molecular weight is 444 g/mol. The predicted molar refractivity (Wildman–Crippen MR) is 114 cm³/mol. The lowest BCUT2D eigenvalue weighted by atomic mass is 9.81. The van der Waals surface area contributed by atoms with Gasteiger partial charge < -0.3 is 24.4 Å². The first-order chi connectivity index (χ1) is 15.2. The molecular formula is C24H28O8. The quantitative estimate of drug-likeness (QED) is 0.274. The SMILES string of the molecule is C=C1CC(OC(=O)C(C)=CCO)C2C(=C)C(=O)OC2C2C(=C)C(OC(=O)C=CCO)CC12. The molecule has 0 radical (unpaired) electrons. The fourth-order valence-corrected chi connectivity index (χ4v) is 4.76. The van der Waals surface area contributed by atoms with Crippen molar-refractivity contribution in [2.45, 2.75) is 38.1 Å². The molecule has 8 heteroatoms. The third-order valence-electron chi connectivity index (χ3n) is 6.34. The van der Waals surface area contributed by atoms with Crippen LogP contribution in [-0.2, 0) is 28.6 Å². The smallest absolute Gasteiger partial charge is 0.334 e.